The number of hydrogen-bond donors (Lipinski definition) is 2. The predicted molar refractivity (Wildman–Crippen MR) is 69.7 cm³/mol. The number of nitrogens with zero attached hydrogens (tertiary/aromatic N) is 3. The molecule has 18 heavy (non-hydrogen) atoms. The number of H-pyrrole nitrogens is 1. The summed E-state index contributed by atoms with van der Waals surface area (Å²) in [5.74, 6) is 0.623. The molecule has 2 aromatic heterocycles. The van der Waals surface area contributed by atoms with E-state index in [1.165, 1.54) is 17.7 Å². The molecule has 0 spiro atoms. The second-order valence-electron chi connectivity index (χ2n) is 4.39. The summed E-state index contributed by atoms with van der Waals surface area (Å²) in [5, 5.41) is 9.84. The van der Waals surface area contributed by atoms with Gasteiger partial charge in [-0.05, 0) is 19.3 Å². The average Bonchev–Trinajstić information content (AvgIpc) is 2.87. The third-order valence-electron chi connectivity index (χ3n) is 2.26. The van der Waals surface area contributed by atoms with E-state index < -0.39 is 0 Å². The summed E-state index contributed by atoms with van der Waals surface area (Å²) < 4.78 is 0. The van der Waals surface area contributed by atoms with Crippen molar-refractivity contribution in [3.8, 4) is 0 Å². The van der Waals surface area contributed by atoms with E-state index in [1.54, 1.807) is 0 Å². The fraction of sp³-hybridized carbons (Fsp3) is 0.455. The first-order valence-electron chi connectivity index (χ1n) is 5.69. The van der Waals surface area contributed by atoms with E-state index in [2.05, 4.69) is 39.3 Å². The first-order chi connectivity index (χ1) is 8.56. The number of thiazole rings is 1. The predicted octanol–water partition coefficient (Wildman–Crippen LogP) is 2.02. The van der Waals surface area contributed by atoms with Crippen LogP contribution in [-0.2, 0) is 6.42 Å². The summed E-state index contributed by atoms with van der Waals surface area (Å²) in [4.78, 5) is 21.0. The molecule has 2 aromatic rings. The molecule has 7 heteroatoms. The van der Waals surface area contributed by atoms with Crippen LogP contribution in [0.1, 0.15) is 34.2 Å². The molecule has 0 radical (unpaired) electrons. The first-order valence-corrected chi connectivity index (χ1v) is 6.51. The van der Waals surface area contributed by atoms with Crippen LogP contribution in [0.15, 0.2) is 6.33 Å². The lowest BCUT2D eigenvalue weighted by molar-refractivity contribution is 0.102. The van der Waals surface area contributed by atoms with Gasteiger partial charge in [0.15, 0.2) is 0 Å². The molecule has 2 heterocycles. The molecule has 6 nitrogen and oxygen atoms in total. The van der Waals surface area contributed by atoms with Crippen LogP contribution in [0.4, 0.5) is 5.95 Å². The van der Waals surface area contributed by atoms with Crippen LogP contribution in [0.2, 0.25) is 0 Å². The number of aryl methyl sites for hydroxylation is 1. The molecule has 0 bridgehead atoms. The van der Waals surface area contributed by atoms with Gasteiger partial charge in [-0.2, -0.15) is 10.1 Å². The molecule has 0 saturated carbocycles. The molecule has 0 aliphatic carbocycles. The smallest absolute Gasteiger partial charge is 0.270 e. The van der Waals surface area contributed by atoms with Gasteiger partial charge in [0, 0.05) is 0 Å². The molecule has 2 N–H and O–H groups in total. The first kappa shape index (κ1) is 12.7. The van der Waals surface area contributed by atoms with Gasteiger partial charge in [0.2, 0.25) is 5.95 Å². The molecule has 0 atom stereocenters. The quantitative estimate of drug-likeness (QED) is 0.885. The van der Waals surface area contributed by atoms with Crippen molar-refractivity contribution in [2.75, 3.05) is 5.32 Å². The second-order valence-corrected chi connectivity index (χ2v) is 5.60. The van der Waals surface area contributed by atoms with E-state index in [1.807, 2.05) is 6.92 Å². The van der Waals surface area contributed by atoms with Crippen molar-refractivity contribution in [1.82, 2.24) is 20.2 Å². The minimum Gasteiger partial charge on any atom is -0.290 e. The molecular formula is C11H15N5OS. The normalized spacial score (nSPS) is 10.9. The van der Waals surface area contributed by atoms with Gasteiger partial charge in [0.05, 0.1) is 10.7 Å². The van der Waals surface area contributed by atoms with Gasteiger partial charge in [-0.25, -0.2) is 10.1 Å². The number of carbonyl (C=O) groups excluding carboxylic acids is 1. The number of amides is 1. The summed E-state index contributed by atoms with van der Waals surface area (Å²) in [5.41, 5.74) is 0.851. The van der Waals surface area contributed by atoms with Crippen LogP contribution >= 0.6 is 11.3 Å². The highest BCUT2D eigenvalue weighted by atomic mass is 32.1. The van der Waals surface area contributed by atoms with Crippen molar-refractivity contribution in [2.45, 2.75) is 27.2 Å². The molecular weight excluding hydrogens is 250 g/mol. The Labute approximate surface area is 109 Å². The van der Waals surface area contributed by atoms with Gasteiger partial charge in [-0.1, -0.05) is 13.8 Å². The van der Waals surface area contributed by atoms with Crippen LogP contribution in [0, 0.1) is 12.8 Å². The maximum atomic E-state index is 12.1. The summed E-state index contributed by atoms with van der Waals surface area (Å²) in [7, 11) is 0. The van der Waals surface area contributed by atoms with Gasteiger partial charge in [0.1, 0.15) is 11.2 Å². The maximum absolute atomic E-state index is 12.1. The van der Waals surface area contributed by atoms with Crippen molar-refractivity contribution in [1.29, 1.82) is 0 Å². The molecule has 0 unspecified atom stereocenters. The monoisotopic (exact) mass is 265 g/mol. The van der Waals surface area contributed by atoms with Crippen LogP contribution in [-0.4, -0.2) is 26.1 Å². The van der Waals surface area contributed by atoms with Crippen molar-refractivity contribution >= 4 is 23.2 Å². The second kappa shape index (κ2) is 5.26. The highest BCUT2D eigenvalue weighted by Gasteiger charge is 2.18. The van der Waals surface area contributed by atoms with Gasteiger partial charge in [0.25, 0.3) is 5.91 Å². The Hall–Kier alpha value is -1.76. The number of hydrogen-bond acceptors (Lipinski definition) is 5. The number of anilines is 1. The van der Waals surface area contributed by atoms with E-state index in [4.69, 9.17) is 0 Å². The molecule has 0 fully saturated rings. The SMILES string of the molecule is Cc1nc(CC(C)C)c(C(=O)Nc2ncn[nH]2)s1. The van der Waals surface area contributed by atoms with Crippen LogP contribution < -0.4 is 5.32 Å². The van der Waals surface area contributed by atoms with Crippen molar-refractivity contribution in [3.63, 3.8) is 0 Å². The van der Waals surface area contributed by atoms with Gasteiger partial charge in [-0.3, -0.25) is 10.1 Å². The number of carbonyl (C=O) groups is 1. The minimum absolute atomic E-state index is 0.187. The summed E-state index contributed by atoms with van der Waals surface area (Å²) in [6, 6.07) is 0. The van der Waals surface area contributed by atoms with Crippen molar-refractivity contribution in [3.05, 3.63) is 21.9 Å². The van der Waals surface area contributed by atoms with Crippen molar-refractivity contribution < 1.29 is 4.79 Å². The third-order valence-corrected chi connectivity index (χ3v) is 3.27. The minimum atomic E-state index is -0.187. The lowest BCUT2D eigenvalue weighted by Crippen LogP contribution is -2.14. The third kappa shape index (κ3) is 2.92. The lowest BCUT2D eigenvalue weighted by Gasteiger charge is -2.04. The molecule has 0 aliphatic heterocycles. The summed E-state index contributed by atoms with van der Waals surface area (Å²) in [6.07, 6.45) is 2.14. The Bertz CT molecular complexity index is 532. The average molecular weight is 265 g/mol. The number of aromatic amines is 1. The Morgan fingerprint density at radius 3 is 2.94 bits per heavy atom. The summed E-state index contributed by atoms with van der Waals surface area (Å²) in [6.45, 7) is 6.11. The molecule has 2 rings (SSSR count). The lowest BCUT2D eigenvalue weighted by atomic mass is 10.1. The molecule has 0 aromatic carbocycles. The zero-order valence-electron chi connectivity index (χ0n) is 10.5. The van der Waals surface area contributed by atoms with Crippen LogP contribution in [0.3, 0.4) is 0 Å². The van der Waals surface area contributed by atoms with Gasteiger partial charge in [-0.15, -0.1) is 11.3 Å². The Morgan fingerprint density at radius 1 is 1.56 bits per heavy atom. The molecule has 96 valence electrons. The number of aromatic nitrogens is 4. The molecule has 0 aliphatic rings. The van der Waals surface area contributed by atoms with Gasteiger partial charge < -0.3 is 0 Å². The van der Waals surface area contributed by atoms with Crippen LogP contribution in [0.25, 0.3) is 0 Å². The zero-order valence-corrected chi connectivity index (χ0v) is 11.3. The van der Waals surface area contributed by atoms with E-state index in [-0.39, 0.29) is 5.91 Å². The molecule has 0 saturated heterocycles. The van der Waals surface area contributed by atoms with Crippen molar-refractivity contribution in [2.24, 2.45) is 5.92 Å². The maximum Gasteiger partial charge on any atom is 0.270 e. The largest absolute Gasteiger partial charge is 0.290 e. The topological polar surface area (TPSA) is 83.6 Å². The Morgan fingerprint density at radius 2 is 2.33 bits per heavy atom. The number of rotatable bonds is 4. The Balaban J connectivity index is 2.18. The fourth-order valence-electron chi connectivity index (χ4n) is 1.60. The fourth-order valence-corrected chi connectivity index (χ4v) is 2.44. The van der Waals surface area contributed by atoms with E-state index in [0.717, 1.165) is 17.1 Å². The van der Waals surface area contributed by atoms with E-state index in [9.17, 15) is 4.79 Å². The highest BCUT2D eigenvalue weighted by molar-refractivity contribution is 7.13. The number of nitrogens with one attached hydrogen (secondary N) is 2. The highest BCUT2D eigenvalue weighted by Crippen LogP contribution is 2.21. The Kier molecular flexibility index (Phi) is 3.71. The van der Waals surface area contributed by atoms with Gasteiger partial charge >= 0.3 is 0 Å². The van der Waals surface area contributed by atoms with Crippen LogP contribution in [0.5, 0.6) is 0 Å². The molecule has 1 amide bonds. The van der Waals surface area contributed by atoms with E-state index in [0.29, 0.717) is 16.7 Å². The van der Waals surface area contributed by atoms with E-state index >= 15 is 0 Å². The zero-order chi connectivity index (χ0) is 13.1. The standard InChI is InChI=1S/C11H15N5OS/c1-6(2)4-8-9(18-7(3)14-8)10(17)15-11-12-5-13-16-11/h5-6H,4H2,1-3H3,(H2,12,13,15,16,17). The summed E-state index contributed by atoms with van der Waals surface area (Å²) >= 11 is 1.40.